The zero-order chi connectivity index (χ0) is 16.9. The van der Waals surface area contributed by atoms with Gasteiger partial charge in [-0.2, -0.15) is 0 Å². The molecule has 0 radical (unpaired) electrons. The Kier molecular flexibility index (Phi) is 3.83. The van der Waals surface area contributed by atoms with Gasteiger partial charge in [0.05, 0.1) is 0 Å². The molecule has 0 aromatic heterocycles. The smallest absolute Gasteiger partial charge is 0.304 e. The van der Waals surface area contributed by atoms with E-state index in [1.165, 1.54) is 45.4 Å². The lowest BCUT2D eigenvalue weighted by Crippen LogP contribution is -2.53. The minimum absolute atomic E-state index is 0.0372. The van der Waals surface area contributed by atoms with Gasteiger partial charge in [0.25, 0.3) is 0 Å². The normalized spacial score (nSPS) is 46.8. The fraction of sp³-hybridized carbons (Fsp3) is 0.773. The monoisotopic (exact) mass is 326 g/mol. The minimum atomic E-state index is -0.669. The second kappa shape index (κ2) is 5.65. The van der Waals surface area contributed by atoms with Gasteiger partial charge in [0.1, 0.15) is 0 Å². The van der Waals surface area contributed by atoms with Crippen molar-refractivity contribution in [3.8, 4) is 12.3 Å². The zero-order valence-electron chi connectivity index (χ0n) is 15.1. The summed E-state index contributed by atoms with van der Waals surface area (Å²) >= 11 is 0. The summed E-state index contributed by atoms with van der Waals surface area (Å²) < 4.78 is 5.82. The van der Waals surface area contributed by atoms with Crippen LogP contribution in [0, 0.1) is 41.4 Å². The van der Waals surface area contributed by atoms with E-state index in [9.17, 15) is 4.79 Å². The summed E-state index contributed by atoms with van der Waals surface area (Å²) in [4.78, 5) is 11.7. The molecule has 4 aliphatic carbocycles. The number of hydrogen-bond donors (Lipinski definition) is 0. The Morgan fingerprint density at radius 1 is 1.25 bits per heavy atom. The topological polar surface area (TPSA) is 26.3 Å². The second-order valence-corrected chi connectivity index (χ2v) is 8.85. The van der Waals surface area contributed by atoms with Crippen LogP contribution in [-0.2, 0) is 9.53 Å². The highest BCUT2D eigenvalue weighted by Crippen LogP contribution is 2.65. The van der Waals surface area contributed by atoms with Crippen molar-refractivity contribution in [2.75, 3.05) is 0 Å². The quantitative estimate of drug-likeness (QED) is 0.390. The molecule has 130 valence electrons. The lowest BCUT2D eigenvalue weighted by atomic mass is 9.50. The van der Waals surface area contributed by atoms with Crippen LogP contribution < -0.4 is 0 Å². The van der Waals surface area contributed by atoms with E-state index in [0.717, 1.165) is 37.0 Å². The van der Waals surface area contributed by atoms with E-state index < -0.39 is 5.60 Å². The first-order valence-corrected chi connectivity index (χ1v) is 9.87. The number of ether oxygens (including phenoxy) is 1. The SMILES string of the molecule is C#CC1(OC(C)=O)CC[C@H]2[C@@H]3CCC4=CCCC[C@@H]4[C@H]3CC[C@@]21C. The number of fused-ring (bicyclic) bond motifs is 5. The first-order valence-electron chi connectivity index (χ1n) is 9.87. The molecule has 0 aromatic rings. The number of terminal acetylenes is 1. The molecule has 1 unspecified atom stereocenters. The van der Waals surface area contributed by atoms with Crippen LogP contribution >= 0.6 is 0 Å². The van der Waals surface area contributed by atoms with Crippen LogP contribution in [0.5, 0.6) is 0 Å². The van der Waals surface area contributed by atoms with Gasteiger partial charge < -0.3 is 4.74 Å². The van der Waals surface area contributed by atoms with Crippen LogP contribution in [0.2, 0.25) is 0 Å². The van der Waals surface area contributed by atoms with Gasteiger partial charge in [0.2, 0.25) is 0 Å². The second-order valence-electron chi connectivity index (χ2n) is 8.85. The van der Waals surface area contributed by atoms with Crippen LogP contribution in [-0.4, -0.2) is 11.6 Å². The standard InChI is InChI=1S/C22H30O2/c1-4-22(24-15(2)23)14-12-20-19-10-9-16-7-5-6-8-17(16)18(19)11-13-21(20,22)3/h1,7,17-20H,5-6,8-14H2,2-3H3/t17-,18+,19+,20-,21-,22?/m0/s1. The third-order valence-electron chi connectivity index (χ3n) is 8.05. The molecule has 2 nitrogen and oxygen atoms in total. The molecular formula is C22H30O2. The van der Waals surface area contributed by atoms with E-state index in [1.54, 1.807) is 5.57 Å². The van der Waals surface area contributed by atoms with Gasteiger partial charge in [-0.3, -0.25) is 4.79 Å². The minimum Gasteiger partial charge on any atom is -0.445 e. The lowest BCUT2D eigenvalue weighted by Gasteiger charge is -2.55. The number of hydrogen-bond acceptors (Lipinski definition) is 2. The summed E-state index contributed by atoms with van der Waals surface area (Å²) in [6, 6.07) is 0. The Morgan fingerprint density at radius 2 is 2.08 bits per heavy atom. The highest BCUT2D eigenvalue weighted by Gasteiger charge is 2.64. The first kappa shape index (κ1) is 16.2. The Balaban J connectivity index is 1.65. The molecular weight excluding hydrogens is 296 g/mol. The molecule has 0 heterocycles. The Morgan fingerprint density at radius 3 is 2.83 bits per heavy atom. The van der Waals surface area contributed by atoms with Crippen molar-refractivity contribution in [1.82, 2.24) is 0 Å². The van der Waals surface area contributed by atoms with Crippen molar-refractivity contribution < 1.29 is 9.53 Å². The summed E-state index contributed by atoms with van der Waals surface area (Å²) in [5.41, 5.74) is 1.05. The number of rotatable bonds is 1. The molecule has 4 aliphatic rings. The van der Waals surface area contributed by atoms with E-state index in [2.05, 4.69) is 18.9 Å². The van der Waals surface area contributed by atoms with Gasteiger partial charge in [-0.25, -0.2) is 0 Å². The van der Waals surface area contributed by atoms with Crippen molar-refractivity contribution >= 4 is 5.97 Å². The van der Waals surface area contributed by atoms with E-state index in [0.29, 0.717) is 5.92 Å². The zero-order valence-corrected chi connectivity index (χ0v) is 15.1. The molecule has 6 atom stereocenters. The molecule has 24 heavy (non-hydrogen) atoms. The van der Waals surface area contributed by atoms with Crippen molar-refractivity contribution in [2.45, 2.75) is 77.2 Å². The highest BCUT2D eigenvalue weighted by atomic mass is 16.6. The molecule has 4 rings (SSSR count). The molecule has 0 bridgehead atoms. The van der Waals surface area contributed by atoms with Gasteiger partial charge in [-0.1, -0.05) is 24.5 Å². The summed E-state index contributed by atoms with van der Waals surface area (Å²) in [5.74, 6) is 5.79. The fourth-order valence-electron chi connectivity index (χ4n) is 6.98. The van der Waals surface area contributed by atoms with Crippen LogP contribution in [0.15, 0.2) is 11.6 Å². The molecule has 0 aliphatic heterocycles. The molecule has 3 fully saturated rings. The molecule has 0 saturated heterocycles. The highest BCUT2D eigenvalue weighted by molar-refractivity contribution is 5.67. The summed E-state index contributed by atoms with van der Waals surface area (Å²) in [5, 5.41) is 0. The van der Waals surface area contributed by atoms with Gasteiger partial charge in [-0.05, 0) is 81.5 Å². The molecule has 0 spiro atoms. The van der Waals surface area contributed by atoms with Crippen molar-refractivity contribution in [3.63, 3.8) is 0 Å². The van der Waals surface area contributed by atoms with Crippen LogP contribution in [0.1, 0.15) is 71.6 Å². The summed E-state index contributed by atoms with van der Waals surface area (Å²) in [6.07, 6.45) is 19.5. The lowest BCUT2D eigenvalue weighted by molar-refractivity contribution is -0.167. The van der Waals surface area contributed by atoms with Crippen LogP contribution in [0.25, 0.3) is 0 Å². The Labute approximate surface area is 146 Å². The van der Waals surface area contributed by atoms with Crippen molar-refractivity contribution in [2.24, 2.45) is 29.1 Å². The third-order valence-corrected chi connectivity index (χ3v) is 8.05. The van der Waals surface area contributed by atoms with Crippen LogP contribution in [0.3, 0.4) is 0 Å². The van der Waals surface area contributed by atoms with Crippen molar-refractivity contribution in [1.29, 1.82) is 0 Å². The van der Waals surface area contributed by atoms with Crippen molar-refractivity contribution in [3.05, 3.63) is 11.6 Å². The largest absolute Gasteiger partial charge is 0.445 e. The number of carbonyl (C=O) groups excluding carboxylic acids is 1. The molecule has 3 saturated carbocycles. The maximum Gasteiger partial charge on any atom is 0.304 e. The predicted octanol–water partition coefficient (Wildman–Crippen LogP) is 4.88. The Hall–Kier alpha value is -1.23. The average molecular weight is 326 g/mol. The maximum absolute atomic E-state index is 11.7. The summed E-state index contributed by atoms with van der Waals surface area (Å²) in [7, 11) is 0. The fourth-order valence-corrected chi connectivity index (χ4v) is 6.98. The number of esters is 1. The van der Waals surface area contributed by atoms with Gasteiger partial charge >= 0.3 is 5.97 Å². The number of carbonyl (C=O) groups is 1. The average Bonchev–Trinajstić information content (AvgIpc) is 2.87. The van der Waals surface area contributed by atoms with E-state index in [-0.39, 0.29) is 11.4 Å². The van der Waals surface area contributed by atoms with Gasteiger partial charge in [-0.15, -0.1) is 6.42 Å². The maximum atomic E-state index is 11.7. The molecule has 0 amide bonds. The van der Waals surface area contributed by atoms with E-state index >= 15 is 0 Å². The molecule has 0 N–H and O–H groups in total. The van der Waals surface area contributed by atoms with Gasteiger partial charge in [0, 0.05) is 12.3 Å². The van der Waals surface area contributed by atoms with Crippen LogP contribution in [0.4, 0.5) is 0 Å². The van der Waals surface area contributed by atoms with Gasteiger partial charge in [0.15, 0.2) is 5.60 Å². The molecule has 2 heteroatoms. The number of allylic oxidation sites excluding steroid dienone is 2. The third kappa shape index (κ3) is 2.13. The van der Waals surface area contributed by atoms with E-state index in [4.69, 9.17) is 11.2 Å². The predicted molar refractivity (Wildman–Crippen MR) is 95.0 cm³/mol. The van der Waals surface area contributed by atoms with E-state index in [1.807, 2.05) is 0 Å². The Bertz CT molecular complexity index is 612. The summed E-state index contributed by atoms with van der Waals surface area (Å²) in [6.45, 7) is 3.82. The first-order chi connectivity index (χ1) is 11.5. The molecule has 0 aromatic carbocycles.